The van der Waals surface area contributed by atoms with Crippen molar-refractivity contribution in [3.05, 3.63) is 29.8 Å². The maximum atomic E-state index is 12.5. The highest BCUT2D eigenvalue weighted by Crippen LogP contribution is 2.75. The van der Waals surface area contributed by atoms with Crippen molar-refractivity contribution in [1.82, 2.24) is 9.80 Å². The summed E-state index contributed by atoms with van der Waals surface area (Å²) in [5, 5.41) is 0. The van der Waals surface area contributed by atoms with Gasteiger partial charge in [0, 0.05) is 19.6 Å². The number of rotatable bonds is 4. The fourth-order valence-corrected chi connectivity index (χ4v) is 3.58. The fourth-order valence-electron chi connectivity index (χ4n) is 3.58. The van der Waals surface area contributed by atoms with E-state index >= 15 is 0 Å². The Hall–Kier alpha value is -2.04. The Morgan fingerprint density at radius 3 is 2.57 bits per heavy atom. The van der Waals surface area contributed by atoms with Gasteiger partial charge in [-0.25, -0.2) is 0 Å². The van der Waals surface area contributed by atoms with Gasteiger partial charge in [-0.3, -0.25) is 9.59 Å². The molecule has 0 spiro atoms. The van der Waals surface area contributed by atoms with Gasteiger partial charge in [-0.05, 0) is 42.9 Å². The predicted octanol–water partition coefficient (Wildman–Crippen LogP) is 1.67. The first-order valence-electron chi connectivity index (χ1n) is 8.32. The molecule has 2 saturated carbocycles. The Kier molecular flexibility index (Phi) is 3.32. The molecule has 3 fully saturated rings. The summed E-state index contributed by atoms with van der Waals surface area (Å²) in [5.41, 5.74) is 1.05. The van der Waals surface area contributed by atoms with Crippen LogP contribution in [0.25, 0.3) is 0 Å². The molecule has 0 radical (unpaired) electrons. The van der Waals surface area contributed by atoms with Gasteiger partial charge in [0.25, 0.3) is 0 Å². The predicted molar refractivity (Wildman–Crippen MR) is 84.8 cm³/mol. The number of carbonyl (C=O) groups is 2. The highest BCUT2D eigenvalue weighted by molar-refractivity contribution is 5.93. The van der Waals surface area contributed by atoms with Crippen molar-refractivity contribution in [2.45, 2.75) is 25.8 Å². The first-order valence-corrected chi connectivity index (χ1v) is 8.32. The number of amides is 2. The second-order valence-corrected chi connectivity index (χ2v) is 7.00. The molecule has 1 aromatic carbocycles. The number of nitrogens with zero attached hydrogens (tertiary/aromatic N) is 2. The molecule has 1 aliphatic heterocycles. The summed E-state index contributed by atoms with van der Waals surface area (Å²) in [7, 11) is 1.64. The summed E-state index contributed by atoms with van der Waals surface area (Å²) in [6.45, 7) is 2.26. The summed E-state index contributed by atoms with van der Waals surface area (Å²) >= 11 is 0. The highest BCUT2D eigenvalue weighted by Gasteiger charge is 2.75. The van der Waals surface area contributed by atoms with Gasteiger partial charge in [0.1, 0.15) is 5.75 Å². The van der Waals surface area contributed by atoms with Crippen molar-refractivity contribution in [3.63, 3.8) is 0 Å². The van der Waals surface area contributed by atoms with E-state index in [4.69, 9.17) is 4.74 Å². The molecular weight excluding hydrogens is 292 g/mol. The molecule has 0 aromatic heterocycles. The number of fused-ring (bicyclic) bond motifs is 1. The third-order valence-corrected chi connectivity index (χ3v) is 5.46. The zero-order valence-corrected chi connectivity index (χ0v) is 13.5. The van der Waals surface area contributed by atoms with Crippen LogP contribution >= 0.6 is 0 Å². The van der Waals surface area contributed by atoms with E-state index in [1.54, 1.807) is 12.0 Å². The van der Waals surface area contributed by atoms with E-state index in [0.717, 1.165) is 30.6 Å². The van der Waals surface area contributed by atoms with Crippen LogP contribution in [0.3, 0.4) is 0 Å². The number of hydrogen-bond acceptors (Lipinski definition) is 3. The Balaban J connectivity index is 1.39. The van der Waals surface area contributed by atoms with Gasteiger partial charge in [0.05, 0.1) is 19.1 Å². The van der Waals surface area contributed by atoms with Crippen molar-refractivity contribution in [3.8, 4) is 5.75 Å². The minimum Gasteiger partial charge on any atom is -0.497 e. The molecule has 3 aliphatic rings. The van der Waals surface area contributed by atoms with E-state index < -0.39 is 0 Å². The van der Waals surface area contributed by atoms with Crippen molar-refractivity contribution < 1.29 is 14.3 Å². The first kappa shape index (κ1) is 14.5. The Bertz CT molecular complexity index is 634. The molecule has 23 heavy (non-hydrogen) atoms. The van der Waals surface area contributed by atoms with Gasteiger partial charge in [-0.15, -0.1) is 0 Å². The lowest BCUT2D eigenvalue weighted by molar-refractivity contribution is -0.141. The first-order chi connectivity index (χ1) is 11.1. The fraction of sp³-hybridized carbons (Fsp3) is 0.556. The molecule has 5 heteroatoms. The summed E-state index contributed by atoms with van der Waals surface area (Å²) < 4.78 is 5.16. The number of carbonyl (C=O) groups excluding carboxylic acids is 2. The van der Waals surface area contributed by atoms with Crippen molar-refractivity contribution >= 4 is 11.8 Å². The lowest BCUT2D eigenvalue weighted by Gasteiger charge is -2.23. The Morgan fingerprint density at radius 1 is 1.26 bits per heavy atom. The minimum absolute atomic E-state index is 0.0363. The largest absolute Gasteiger partial charge is 0.497 e. The Morgan fingerprint density at radius 2 is 1.96 bits per heavy atom. The molecule has 0 unspecified atom stereocenters. The van der Waals surface area contributed by atoms with Gasteiger partial charge >= 0.3 is 0 Å². The van der Waals surface area contributed by atoms with Crippen LogP contribution < -0.4 is 4.74 Å². The van der Waals surface area contributed by atoms with Crippen LogP contribution in [0, 0.1) is 11.3 Å². The SMILES string of the molecule is COc1ccc(CN2CCCN(C(=O)C34CC3C4)CC2=O)cc1. The van der Waals surface area contributed by atoms with Crippen LogP contribution in [0.5, 0.6) is 5.75 Å². The molecule has 0 atom stereocenters. The third-order valence-electron chi connectivity index (χ3n) is 5.46. The number of ether oxygens (including phenoxy) is 1. The summed E-state index contributed by atoms with van der Waals surface area (Å²) in [6.07, 6.45) is 2.95. The van der Waals surface area contributed by atoms with Crippen LogP contribution in [0.4, 0.5) is 0 Å². The van der Waals surface area contributed by atoms with Gasteiger partial charge in [0.2, 0.25) is 11.8 Å². The average molecular weight is 314 g/mol. The normalized spacial score (nSPS) is 28.9. The maximum absolute atomic E-state index is 12.5. The standard InChI is InChI=1S/C18H22N2O3/c1-23-15-5-3-13(4-6-15)11-19-7-2-8-20(12-16(19)21)17(22)18-9-14(18)10-18/h3-6,14H,2,7-12H2,1H3. The molecule has 1 saturated heterocycles. The maximum Gasteiger partial charge on any atom is 0.242 e. The molecule has 0 bridgehead atoms. The van der Waals surface area contributed by atoms with E-state index in [9.17, 15) is 9.59 Å². The molecular formula is C18H22N2O3. The van der Waals surface area contributed by atoms with E-state index in [0.29, 0.717) is 25.6 Å². The average Bonchev–Trinajstić information content (AvgIpc) is 3.42. The zero-order valence-electron chi connectivity index (χ0n) is 13.5. The van der Waals surface area contributed by atoms with Crippen LogP contribution in [-0.4, -0.2) is 48.4 Å². The van der Waals surface area contributed by atoms with E-state index in [-0.39, 0.29) is 23.8 Å². The quantitative estimate of drug-likeness (QED) is 0.849. The van der Waals surface area contributed by atoms with Gasteiger partial charge in [-0.1, -0.05) is 12.1 Å². The van der Waals surface area contributed by atoms with Crippen molar-refractivity contribution in [2.75, 3.05) is 26.7 Å². The van der Waals surface area contributed by atoms with Gasteiger partial charge in [-0.2, -0.15) is 0 Å². The van der Waals surface area contributed by atoms with Crippen LogP contribution in [-0.2, 0) is 16.1 Å². The van der Waals surface area contributed by atoms with E-state index in [1.807, 2.05) is 29.2 Å². The van der Waals surface area contributed by atoms with Gasteiger partial charge < -0.3 is 14.5 Å². The molecule has 122 valence electrons. The number of methoxy groups -OCH3 is 1. The summed E-state index contributed by atoms with van der Waals surface area (Å²) in [4.78, 5) is 28.7. The monoisotopic (exact) mass is 314 g/mol. The van der Waals surface area contributed by atoms with Gasteiger partial charge in [0.15, 0.2) is 0 Å². The highest BCUT2D eigenvalue weighted by atomic mass is 16.5. The molecule has 4 rings (SSSR count). The minimum atomic E-state index is -0.0363. The second-order valence-electron chi connectivity index (χ2n) is 7.00. The second kappa shape index (κ2) is 5.25. The van der Waals surface area contributed by atoms with Crippen molar-refractivity contribution in [1.29, 1.82) is 0 Å². The molecule has 5 nitrogen and oxygen atoms in total. The Labute approximate surface area is 136 Å². The van der Waals surface area contributed by atoms with E-state index in [2.05, 4.69) is 0 Å². The topological polar surface area (TPSA) is 49.9 Å². The third kappa shape index (κ3) is 2.58. The van der Waals surface area contributed by atoms with Crippen LogP contribution in [0.15, 0.2) is 24.3 Å². The molecule has 1 heterocycles. The molecule has 2 aliphatic carbocycles. The van der Waals surface area contributed by atoms with Crippen LogP contribution in [0.2, 0.25) is 0 Å². The molecule has 0 N–H and O–H groups in total. The lowest BCUT2D eigenvalue weighted by atomic mass is 10.2. The summed E-state index contributed by atoms with van der Waals surface area (Å²) in [5.74, 6) is 1.72. The number of hydrogen-bond donors (Lipinski definition) is 0. The lowest BCUT2D eigenvalue weighted by Crippen LogP contribution is -2.40. The smallest absolute Gasteiger partial charge is 0.242 e. The number of benzene rings is 1. The van der Waals surface area contributed by atoms with E-state index in [1.165, 1.54) is 0 Å². The molecule has 1 aromatic rings. The van der Waals surface area contributed by atoms with Crippen LogP contribution in [0.1, 0.15) is 24.8 Å². The van der Waals surface area contributed by atoms with Crippen molar-refractivity contribution in [2.24, 2.45) is 11.3 Å². The molecule has 2 amide bonds. The zero-order chi connectivity index (χ0) is 16.0. The summed E-state index contributed by atoms with van der Waals surface area (Å²) in [6, 6.07) is 7.79.